The van der Waals surface area contributed by atoms with E-state index in [1.54, 1.807) is 18.3 Å². The number of hydrogen-bond donors (Lipinski definition) is 2. The quantitative estimate of drug-likeness (QED) is 0.333. The number of phenols is 1. The summed E-state index contributed by atoms with van der Waals surface area (Å²) >= 11 is 0. The number of ether oxygens (including phenoxy) is 1. The molecule has 2 N–H and O–H groups in total. The number of alkyl halides is 1. The van der Waals surface area contributed by atoms with Crippen LogP contribution < -0.4 is 15.0 Å². The number of rotatable bonds is 5. The molecule has 4 atom stereocenters. The highest BCUT2D eigenvalue weighted by Crippen LogP contribution is 2.42. The highest BCUT2D eigenvalue weighted by molar-refractivity contribution is 6.00. The molecule has 4 aromatic rings. The fourth-order valence-electron chi connectivity index (χ4n) is 7.84. The van der Waals surface area contributed by atoms with Crippen LogP contribution in [0.2, 0.25) is 0 Å². The lowest BCUT2D eigenvalue weighted by molar-refractivity contribution is 0.111. The molecule has 0 unspecified atom stereocenters. The van der Waals surface area contributed by atoms with Crippen LogP contribution in [0.25, 0.3) is 32.9 Å². The molecule has 6 heterocycles. The van der Waals surface area contributed by atoms with Crippen LogP contribution in [0.3, 0.4) is 0 Å². The molecule has 2 aromatic carbocycles. The first-order valence-electron chi connectivity index (χ1n) is 14.8. The summed E-state index contributed by atoms with van der Waals surface area (Å²) in [5, 5.41) is 15.2. The lowest BCUT2D eigenvalue weighted by atomic mass is 9.95. The Hall–Kier alpha value is -3.63. The van der Waals surface area contributed by atoms with Crippen molar-refractivity contribution in [1.29, 1.82) is 0 Å². The van der Waals surface area contributed by atoms with Crippen LogP contribution in [0.4, 0.5) is 18.9 Å². The number of halogens is 3. The number of nitrogens with zero attached hydrogens (tertiary/aromatic N) is 4. The van der Waals surface area contributed by atoms with Crippen LogP contribution in [0.1, 0.15) is 32.1 Å². The third-order valence-corrected chi connectivity index (χ3v) is 9.72. The second-order valence-electron chi connectivity index (χ2n) is 12.4. The van der Waals surface area contributed by atoms with Gasteiger partial charge in [-0.15, -0.1) is 0 Å². The summed E-state index contributed by atoms with van der Waals surface area (Å²) in [5.74, 6) is -1.09. The molecule has 4 saturated heterocycles. The Bertz CT molecular complexity index is 1710. The number of benzene rings is 2. The number of nitrogens with one attached hydrogen (secondary N) is 1. The van der Waals surface area contributed by atoms with Crippen molar-refractivity contribution in [2.75, 3.05) is 37.7 Å². The number of piperazine rings is 1. The van der Waals surface area contributed by atoms with Crippen molar-refractivity contribution in [2.45, 2.75) is 55.9 Å². The largest absolute Gasteiger partial charge is 0.508 e. The van der Waals surface area contributed by atoms with E-state index in [-0.39, 0.29) is 45.9 Å². The van der Waals surface area contributed by atoms with Crippen molar-refractivity contribution in [1.82, 2.24) is 20.2 Å². The Labute approximate surface area is 241 Å². The molecule has 4 aliphatic heterocycles. The van der Waals surface area contributed by atoms with Gasteiger partial charge in [0.25, 0.3) is 0 Å². The van der Waals surface area contributed by atoms with Crippen molar-refractivity contribution in [3.05, 3.63) is 54.2 Å². The third-order valence-electron chi connectivity index (χ3n) is 9.72. The van der Waals surface area contributed by atoms with Crippen LogP contribution in [0, 0.1) is 11.6 Å². The van der Waals surface area contributed by atoms with Crippen LogP contribution in [0.5, 0.6) is 11.6 Å². The van der Waals surface area contributed by atoms with Gasteiger partial charge in [-0.05, 0) is 55.8 Å². The maximum Gasteiger partial charge on any atom is 0.216 e. The smallest absolute Gasteiger partial charge is 0.216 e. The van der Waals surface area contributed by atoms with Gasteiger partial charge in [0.2, 0.25) is 5.88 Å². The number of aromatic hydroxyl groups is 1. The van der Waals surface area contributed by atoms with Gasteiger partial charge in [-0.1, -0.05) is 12.1 Å². The minimum Gasteiger partial charge on any atom is -0.508 e. The average Bonchev–Trinajstić information content (AvgIpc) is 3.61. The molecular formula is C32H32F3N5O2. The lowest BCUT2D eigenvalue weighted by Crippen LogP contribution is -2.51. The van der Waals surface area contributed by atoms with Gasteiger partial charge in [0.15, 0.2) is 5.82 Å². The number of anilines is 1. The Morgan fingerprint density at radius 3 is 2.76 bits per heavy atom. The van der Waals surface area contributed by atoms with Crippen LogP contribution in [-0.2, 0) is 0 Å². The highest BCUT2D eigenvalue weighted by Gasteiger charge is 2.49. The highest BCUT2D eigenvalue weighted by atomic mass is 19.1. The standard InChI is InChI=1S/C32H32F3N5O2/c33-19-12-32(7-2-8-40(32)14-19)17-42-27-11-26(39-15-20-5-6-21(16-39)37-20)24-13-36-30(29(35)31(24)38-27)23-10-22(41)9-18-3-1-4-25(34)28(18)23/h1,3-4,9-11,13,19-21,37,41H,2,5-8,12,14-17H2/t19-,20-,21+,32+/m1/s1. The minimum absolute atomic E-state index is 0.0711. The third kappa shape index (κ3) is 4.18. The van der Waals surface area contributed by atoms with Crippen molar-refractivity contribution < 1.29 is 23.0 Å². The van der Waals surface area contributed by atoms with Crippen LogP contribution in [0.15, 0.2) is 42.6 Å². The van der Waals surface area contributed by atoms with Crippen molar-refractivity contribution in [2.24, 2.45) is 0 Å². The van der Waals surface area contributed by atoms with Gasteiger partial charge in [-0.25, -0.2) is 18.2 Å². The molecule has 0 spiro atoms. The van der Waals surface area contributed by atoms with E-state index in [0.717, 1.165) is 51.0 Å². The molecule has 4 aliphatic rings. The summed E-state index contributed by atoms with van der Waals surface area (Å²) in [7, 11) is 0. The Morgan fingerprint density at radius 2 is 1.93 bits per heavy atom. The molecule has 4 fully saturated rings. The minimum atomic E-state index is -0.881. The van der Waals surface area contributed by atoms with Crippen molar-refractivity contribution in [3.8, 4) is 22.9 Å². The first-order valence-corrected chi connectivity index (χ1v) is 14.8. The van der Waals surface area contributed by atoms with Crippen LogP contribution in [-0.4, -0.2) is 76.6 Å². The lowest BCUT2D eigenvalue weighted by Gasteiger charge is -2.35. The monoisotopic (exact) mass is 575 g/mol. The SMILES string of the molecule is Oc1cc(-c2ncc3c(N4C[C@H]5CC[C@@H](C4)N5)cc(OC[C@@]45CCCN4C[C@H](F)C5)nc3c2F)c2c(F)cccc2c1. The molecule has 10 heteroatoms. The summed E-state index contributed by atoms with van der Waals surface area (Å²) in [5.41, 5.74) is 0.541. The van der Waals surface area contributed by atoms with E-state index in [0.29, 0.717) is 35.8 Å². The zero-order valence-corrected chi connectivity index (χ0v) is 23.1. The van der Waals surface area contributed by atoms with Gasteiger partial charge in [0.1, 0.15) is 35.6 Å². The van der Waals surface area contributed by atoms with Gasteiger partial charge in [-0.2, -0.15) is 0 Å². The molecule has 7 nitrogen and oxygen atoms in total. The molecule has 0 radical (unpaired) electrons. The number of phenolic OH excluding ortho intramolecular Hbond substituents is 1. The molecule has 218 valence electrons. The molecule has 2 aromatic heterocycles. The first kappa shape index (κ1) is 26.0. The van der Waals surface area contributed by atoms with E-state index in [2.05, 4.69) is 25.1 Å². The van der Waals surface area contributed by atoms with E-state index in [1.807, 2.05) is 6.07 Å². The second-order valence-corrected chi connectivity index (χ2v) is 12.4. The summed E-state index contributed by atoms with van der Waals surface area (Å²) in [6.07, 6.45) is 5.15. The van der Waals surface area contributed by atoms with Gasteiger partial charge in [0.05, 0.1) is 11.2 Å². The first-order chi connectivity index (χ1) is 20.4. The predicted molar refractivity (Wildman–Crippen MR) is 155 cm³/mol. The van der Waals surface area contributed by atoms with Crippen molar-refractivity contribution >= 4 is 27.4 Å². The number of fused-ring (bicyclic) bond motifs is 5. The van der Waals surface area contributed by atoms with Crippen LogP contribution >= 0.6 is 0 Å². The average molecular weight is 576 g/mol. The predicted octanol–water partition coefficient (Wildman–Crippen LogP) is 5.33. The van der Waals surface area contributed by atoms with Gasteiger partial charge in [0, 0.05) is 66.7 Å². The zero-order valence-electron chi connectivity index (χ0n) is 23.1. The maximum absolute atomic E-state index is 16.6. The molecule has 42 heavy (non-hydrogen) atoms. The van der Waals surface area contributed by atoms with Gasteiger partial charge < -0.3 is 20.1 Å². The Balaban J connectivity index is 1.26. The molecule has 0 amide bonds. The fourth-order valence-corrected chi connectivity index (χ4v) is 7.84. The van der Waals surface area contributed by atoms with Gasteiger partial charge in [-0.3, -0.25) is 9.88 Å². The van der Waals surface area contributed by atoms with E-state index >= 15 is 8.78 Å². The number of hydrogen-bond acceptors (Lipinski definition) is 7. The van der Waals surface area contributed by atoms with E-state index in [1.165, 1.54) is 18.2 Å². The number of pyridine rings is 2. The summed E-state index contributed by atoms with van der Waals surface area (Å²) in [6, 6.07) is 9.84. The van der Waals surface area contributed by atoms with E-state index in [9.17, 15) is 9.50 Å². The van der Waals surface area contributed by atoms with Crippen molar-refractivity contribution in [3.63, 3.8) is 0 Å². The fraction of sp³-hybridized carbons (Fsp3) is 0.438. The summed E-state index contributed by atoms with van der Waals surface area (Å²) < 4.78 is 52.3. The molecular weight excluding hydrogens is 543 g/mol. The summed E-state index contributed by atoms with van der Waals surface area (Å²) in [4.78, 5) is 13.5. The molecule has 0 saturated carbocycles. The Morgan fingerprint density at radius 1 is 1.10 bits per heavy atom. The zero-order chi connectivity index (χ0) is 28.6. The normalized spacial score (nSPS) is 27.3. The number of aromatic nitrogens is 2. The summed E-state index contributed by atoms with van der Waals surface area (Å²) in [6.45, 7) is 3.08. The van der Waals surface area contributed by atoms with Gasteiger partial charge >= 0.3 is 0 Å². The maximum atomic E-state index is 16.6. The topological polar surface area (TPSA) is 73.8 Å². The second kappa shape index (κ2) is 9.70. The van der Waals surface area contributed by atoms with E-state index in [4.69, 9.17) is 4.74 Å². The molecule has 2 bridgehead atoms. The molecule has 0 aliphatic carbocycles. The Kier molecular flexibility index (Phi) is 6.01. The molecule has 8 rings (SSSR count). The van der Waals surface area contributed by atoms with E-state index < -0.39 is 17.8 Å².